The van der Waals surface area contributed by atoms with Crippen LogP contribution in [0.5, 0.6) is 5.75 Å². The van der Waals surface area contributed by atoms with Gasteiger partial charge in [0.25, 0.3) is 0 Å². The van der Waals surface area contributed by atoms with E-state index in [4.69, 9.17) is 0 Å². The van der Waals surface area contributed by atoms with Crippen LogP contribution in [0.4, 0.5) is 0 Å². The number of rotatable bonds is 0. The first kappa shape index (κ1) is 6.22. The molecule has 0 aromatic carbocycles. The summed E-state index contributed by atoms with van der Waals surface area (Å²) in [6.45, 7) is 1.99. The fraction of sp³-hybridized carbons (Fsp3) is 0.125. The summed E-state index contributed by atoms with van der Waals surface area (Å²) >= 11 is 0. The van der Waals surface area contributed by atoms with Crippen LogP contribution in [0.15, 0.2) is 18.6 Å². The fourth-order valence-corrected chi connectivity index (χ4v) is 1.21. The molecule has 0 aliphatic heterocycles. The number of aromatic nitrogens is 2. The van der Waals surface area contributed by atoms with Crippen molar-refractivity contribution >= 4 is 10.9 Å². The smallest absolute Gasteiger partial charge is 0.211 e. The standard InChI is InChI=1S/C8H8N2O/c1-5-2-10-8-6(5)3-9-4-7(8)11/h2-4,10-11H,1H3/p+1. The van der Waals surface area contributed by atoms with E-state index in [1.807, 2.05) is 19.3 Å². The minimum Gasteiger partial charge on any atom is -0.501 e. The number of nitrogens with one attached hydrogen (secondary N) is 2. The molecule has 3 nitrogen and oxygen atoms in total. The van der Waals surface area contributed by atoms with Crippen molar-refractivity contribution in [1.82, 2.24) is 4.98 Å². The molecule has 0 aliphatic carbocycles. The van der Waals surface area contributed by atoms with Crippen LogP contribution < -0.4 is 4.98 Å². The lowest BCUT2D eigenvalue weighted by Crippen LogP contribution is -1.97. The van der Waals surface area contributed by atoms with Crippen LogP contribution in [0.1, 0.15) is 5.56 Å². The zero-order valence-corrected chi connectivity index (χ0v) is 6.18. The summed E-state index contributed by atoms with van der Waals surface area (Å²) in [7, 11) is 0. The van der Waals surface area contributed by atoms with Gasteiger partial charge < -0.3 is 10.1 Å². The predicted molar refractivity (Wildman–Crippen MR) is 41.3 cm³/mol. The Labute approximate surface area is 63.7 Å². The van der Waals surface area contributed by atoms with Gasteiger partial charge in [-0.2, -0.15) is 0 Å². The van der Waals surface area contributed by atoms with Crippen molar-refractivity contribution < 1.29 is 10.1 Å². The summed E-state index contributed by atoms with van der Waals surface area (Å²) in [5.74, 6) is 0.260. The summed E-state index contributed by atoms with van der Waals surface area (Å²) in [4.78, 5) is 5.85. The highest BCUT2D eigenvalue weighted by Crippen LogP contribution is 2.22. The van der Waals surface area contributed by atoms with E-state index in [2.05, 4.69) is 9.97 Å². The molecular weight excluding hydrogens is 140 g/mol. The highest BCUT2D eigenvalue weighted by atomic mass is 16.3. The lowest BCUT2D eigenvalue weighted by molar-refractivity contribution is -0.376. The SMILES string of the molecule is Cc1c[nH]c2c(O)c[nH+]cc12. The molecule has 0 radical (unpaired) electrons. The first-order chi connectivity index (χ1) is 5.29. The van der Waals surface area contributed by atoms with Crippen molar-refractivity contribution in [3.8, 4) is 5.75 Å². The molecular formula is C8H9N2O+. The molecule has 3 heteroatoms. The van der Waals surface area contributed by atoms with Gasteiger partial charge in [-0.05, 0) is 12.5 Å². The van der Waals surface area contributed by atoms with Gasteiger partial charge in [0.15, 0.2) is 6.20 Å². The molecule has 2 rings (SSSR count). The molecule has 2 aromatic heterocycles. The topological polar surface area (TPSA) is 50.2 Å². The van der Waals surface area contributed by atoms with Crippen LogP contribution in [0.2, 0.25) is 0 Å². The number of H-pyrrole nitrogens is 2. The monoisotopic (exact) mass is 149 g/mol. The number of hydrogen-bond donors (Lipinski definition) is 2. The summed E-state index contributed by atoms with van der Waals surface area (Å²) in [6.07, 6.45) is 5.29. The van der Waals surface area contributed by atoms with Crippen molar-refractivity contribution in [1.29, 1.82) is 0 Å². The molecule has 0 saturated heterocycles. The van der Waals surface area contributed by atoms with Crippen LogP contribution in [0, 0.1) is 6.92 Å². The van der Waals surface area contributed by atoms with Gasteiger partial charge in [-0.1, -0.05) is 0 Å². The second kappa shape index (κ2) is 1.99. The zero-order chi connectivity index (χ0) is 7.84. The minimum atomic E-state index is 0.260. The zero-order valence-electron chi connectivity index (χ0n) is 6.18. The highest BCUT2D eigenvalue weighted by molar-refractivity contribution is 5.85. The van der Waals surface area contributed by atoms with E-state index in [9.17, 15) is 5.11 Å². The fourth-order valence-electron chi connectivity index (χ4n) is 1.21. The van der Waals surface area contributed by atoms with Crippen LogP contribution in [-0.4, -0.2) is 10.1 Å². The van der Waals surface area contributed by atoms with Gasteiger partial charge in [0.05, 0.1) is 5.39 Å². The van der Waals surface area contributed by atoms with Crippen molar-refractivity contribution in [3.63, 3.8) is 0 Å². The van der Waals surface area contributed by atoms with Gasteiger partial charge in [0.1, 0.15) is 5.52 Å². The number of aromatic amines is 2. The van der Waals surface area contributed by atoms with Crippen LogP contribution in [-0.2, 0) is 0 Å². The largest absolute Gasteiger partial charge is 0.501 e. The third-order valence-electron chi connectivity index (χ3n) is 1.83. The van der Waals surface area contributed by atoms with Gasteiger partial charge in [0, 0.05) is 6.20 Å². The van der Waals surface area contributed by atoms with Gasteiger partial charge >= 0.3 is 0 Å². The maximum absolute atomic E-state index is 9.32. The second-order valence-electron chi connectivity index (χ2n) is 2.60. The Morgan fingerprint density at radius 3 is 3.00 bits per heavy atom. The van der Waals surface area contributed by atoms with E-state index >= 15 is 0 Å². The third kappa shape index (κ3) is 0.774. The predicted octanol–water partition coefficient (Wildman–Crippen LogP) is 0.996. The van der Waals surface area contributed by atoms with E-state index in [-0.39, 0.29) is 5.75 Å². The molecule has 0 amide bonds. The number of aryl methyl sites for hydroxylation is 1. The molecule has 0 spiro atoms. The number of hydrogen-bond acceptors (Lipinski definition) is 1. The van der Waals surface area contributed by atoms with Crippen LogP contribution >= 0.6 is 0 Å². The van der Waals surface area contributed by atoms with E-state index < -0.39 is 0 Å². The highest BCUT2D eigenvalue weighted by Gasteiger charge is 2.06. The summed E-state index contributed by atoms with van der Waals surface area (Å²) in [5.41, 5.74) is 1.92. The molecule has 0 atom stereocenters. The average Bonchev–Trinajstić information content (AvgIpc) is 2.35. The molecule has 3 N–H and O–H groups in total. The normalized spacial score (nSPS) is 10.6. The Kier molecular flexibility index (Phi) is 1.12. The number of pyridine rings is 1. The maximum Gasteiger partial charge on any atom is 0.211 e. The lowest BCUT2D eigenvalue weighted by atomic mass is 10.2. The van der Waals surface area contributed by atoms with Crippen molar-refractivity contribution in [2.45, 2.75) is 6.92 Å². The number of aromatic hydroxyl groups is 1. The molecule has 11 heavy (non-hydrogen) atoms. The molecule has 56 valence electrons. The first-order valence-corrected chi connectivity index (χ1v) is 3.46. The summed E-state index contributed by atoms with van der Waals surface area (Å²) in [6, 6.07) is 0. The van der Waals surface area contributed by atoms with E-state index in [0.29, 0.717) is 0 Å². The molecule has 0 saturated carbocycles. The molecule has 2 heterocycles. The summed E-state index contributed by atoms with van der Waals surface area (Å²) < 4.78 is 0. The van der Waals surface area contributed by atoms with Crippen molar-refractivity contribution in [2.75, 3.05) is 0 Å². The number of fused-ring (bicyclic) bond motifs is 1. The quantitative estimate of drug-likeness (QED) is 0.576. The van der Waals surface area contributed by atoms with Gasteiger partial charge in [-0.15, -0.1) is 0 Å². The molecule has 2 aromatic rings. The Morgan fingerprint density at radius 1 is 1.45 bits per heavy atom. The Balaban J connectivity index is 2.94. The van der Waals surface area contributed by atoms with Crippen molar-refractivity contribution in [2.24, 2.45) is 0 Å². The van der Waals surface area contributed by atoms with Crippen LogP contribution in [0.3, 0.4) is 0 Å². The second-order valence-corrected chi connectivity index (χ2v) is 2.60. The summed E-state index contributed by atoms with van der Waals surface area (Å²) in [5, 5.41) is 10.4. The molecule has 0 bridgehead atoms. The Bertz CT molecular complexity index is 392. The maximum atomic E-state index is 9.32. The molecule has 0 fully saturated rings. The van der Waals surface area contributed by atoms with E-state index in [1.165, 1.54) is 0 Å². The Morgan fingerprint density at radius 2 is 2.27 bits per heavy atom. The average molecular weight is 149 g/mol. The van der Waals surface area contributed by atoms with Gasteiger partial charge in [0.2, 0.25) is 11.9 Å². The van der Waals surface area contributed by atoms with Crippen molar-refractivity contribution in [3.05, 3.63) is 24.2 Å². The van der Waals surface area contributed by atoms with Crippen LogP contribution in [0.25, 0.3) is 10.9 Å². The van der Waals surface area contributed by atoms with E-state index in [0.717, 1.165) is 16.5 Å². The molecule has 0 unspecified atom stereocenters. The van der Waals surface area contributed by atoms with E-state index in [1.54, 1.807) is 6.20 Å². The minimum absolute atomic E-state index is 0.260. The van der Waals surface area contributed by atoms with Gasteiger partial charge in [-0.3, -0.25) is 0 Å². The third-order valence-corrected chi connectivity index (χ3v) is 1.83. The first-order valence-electron chi connectivity index (χ1n) is 3.46. The van der Waals surface area contributed by atoms with Gasteiger partial charge in [-0.25, -0.2) is 4.98 Å². The lowest BCUT2D eigenvalue weighted by Gasteiger charge is -1.87. The Hall–Kier alpha value is -1.51. The molecule has 0 aliphatic rings.